The van der Waals surface area contributed by atoms with E-state index in [2.05, 4.69) is 40.6 Å². The predicted molar refractivity (Wildman–Crippen MR) is 100 cm³/mol. The molecule has 1 aromatic heterocycles. The van der Waals surface area contributed by atoms with Crippen molar-refractivity contribution in [3.8, 4) is 23.0 Å². The van der Waals surface area contributed by atoms with Crippen LogP contribution in [0, 0.1) is 11.3 Å². The van der Waals surface area contributed by atoms with Gasteiger partial charge in [0.1, 0.15) is 11.9 Å². The molecule has 0 spiro atoms. The first-order valence-corrected chi connectivity index (χ1v) is 8.32. The summed E-state index contributed by atoms with van der Waals surface area (Å²) in [6, 6.07) is 18.3. The van der Waals surface area contributed by atoms with Crippen molar-refractivity contribution in [2.24, 2.45) is 0 Å². The van der Waals surface area contributed by atoms with Crippen LogP contribution in [-0.4, -0.2) is 30.4 Å². The van der Waals surface area contributed by atoms with E-state index in [1.54, 1.807) is 0 Å². The van der Waals surface area contributed by atoms with E-state index >= 15 is 0 Å². The second kappa shape index (κ2) is 5.99. The molecule has 1 aliphatic rings. The highest BCUT2D eigenvalue weighted by Crippen LogP contribution is 2.35. The van der Waals surface area contributed by atoms with Crippen molar-refractivity contribution in [3.63, 3.8) is 0 Å². The molecule has 1 aliphatic heterocycles. The second-order valence-electron chi connectivity index (χ2n) is 6.33. The zero-order valence-electron chi connectivity index (χ0n) is 14.3. The van der Waals surface area contributed by atoms with Crippen LogP contribution in [0.25, 0.3) is 16.9 Å². The van der Waals surface area contributed by atoms with Crippen LogP contribution in [-0.2, 0) is 6.42 Å². The van der Waals surface area contributed by atoms with Gasteiger partial charge >= 0.3 is 0 Å². The van der Waals surface area contributed by atoms with Gasteiger partial charge in [-0.05, 0) is 30.7 Å². The van der Waals surface area contributed by atoms with Crippen LogP contribution in [0.1, 0.15) is 11.1 Å². The number of hydrogen-bond acceptors (Lipinski definition) is 4. The molecule has 0 bridgehead atoms. The fraction of sp³-hybridized carbons (Fsp3) is 0.200. The van der Waals surface area contributed by atoms with Crippen molar-refractivity contribution in [3.05, 3.63) is 59.7 Å². The molecule has 4 rings (SSSR count). The Kier molecular flexibility index (Phi) is 3.66. The van der Waals surface area contributed by atoms with Crippen molar-refractivity contribution < 1.29 is 0 Å². The SMILES string of the molecule is CN(C)c1ccc(-c2nn(-c3ccccc3C#N)c3c2CCN3)cc1. The van der Waals surface area contributed by atoms with Gasteiger partial charge in [-0.25, -0.2) is 4.68 Å². The number of rotatable bonds is 3. The average Bonchev–Trinajstić information content (AvgIpc) is 3.24. The molecule has 5 nitrogen and oxygen atoms in total. The van der Waals surface area contributed by atoms with Crippen molar-refractivity contribution in [2.75, 3.05) is 30.9 Å². The van der Waals surface area contributed by atoms with E-state index in [0.29, 0.717) is 5.56 Å². The Morgan fingerprint density at radius 2 is 1.88 bits per heavy atom. The number of nitriles is 1. The minimum absolute atomic E-state index is 0.621. The van der Waals surface area contributed by atoms with Gasteiger partial charge < -0.3 is 10.2 Å². The molecular formula is C20H19N5. The Morgan fingerprint density at radius 1 is 1.12 bits per heavy atom. The molecular weight excluding hydrogens is 310 g/mol. The third-order valence-corrected chi connectivity index (χ3v) is 4.56. The van der Waals surface area contributed by atoms with Gasteiger partial charge in [-0.1, -0.05) is 24.3 Å². The summed E-state index contributed by atoms with van der Waals surface area (Å²) in [5.41, 5.74) is 5.89. The molecule has 0 amide bonds. The van der Waals surface area contributed by atoms with Gasteiger partial charge in [0, 0.05) is 37.5 Å². The van der Waals surface area contributed by atoms with Crippen molar-refractivity contribution in [1.82, 2.24) is 9.78 Å². The summed E-state index contributed by atoms with van der Waals surface area (Å²) in [6.45, 7) is 0.894. The quantitative estimate of drug-likeness (QED) is 0.800. The van der Waals surface area contributed by atoms with E-state index in [4.69, 9.17) is 5.10 Å². The molecule has 0 saturated heterocycles. The summed E-state index contributed by atoms with van der Waals surface area (Å²) in [4.78, 5) is 2.08. The average molecular weight is 329 g/mol. The summed E-state index contributed by atoms with van der Waals surface area (Å²) >= 11 is 0. The molecule has 0 aliphatic carbocycles. The molecule has 3 aromatic rings. The van der Waals surface area contributed by atoms with Crippen molar-refractivity contribution in [1.29, 1.82) is 5.26 Å². The Balaban J connectivity index is 1.85. The summed E-state index contributed by atoms with van der Waals surface area (Å²) in [6.07, 6.45) is 0.939. The molecule has 25 heavy (non-hydrogen) atoms. The third-order valence-electron chi connectivity index (χ3n) is 4.56. The Labute approximate surface area is 147 Å². The number of anilines is 2. The maximum Gasteiger partial charge on any atom is 0.133 e. The second-order valence-corrected chi connectivity index (χ2v) is 6.33. The number of para-hydroxylation sites is 1. The first kappa shape index (κ1) is 15.3. The van der Waals surface area contributed by atoms with E-state index in [0.717, 1.165) is 41.4 Å². The van der Waals surface area contributed by atoms with Crippen molar-refractivity contribution >= 4 is 11.5 Å². The topological polar surface area (TPSA) is 56.9 Å². The molecule has 0 fully saturated rings. The Bertz CT molecular complexity index is 961. The number of aromatic nitrogens is 2. The molecule has 0 unspecified atom stereocenters. The number of hydrogen-bond donors (Lipinski definition) is 1. The zero-order valence-corrected chi connectivity index (χ0v) is 14.3. The van der Waals surface area contributed by atoms with Gasteiger partial charge in [-0.15, -0.1) is 0 Å². The highest BCUT2D eigenvalue weighted by atomic mass is 15.3. The minimum atomic E-state index is 0.621. The van der Waals surface area contributed by atoms with Gasteiger partial charge in [0.15, 0.2) is 0 Å². The molecule has 0 saturated carbocycles. The Morgan fingerprint density at radius 3 is 2.60 bits per heavy atom. The fourth-order valence-corrected chi connectivity index (χ4v) is 3.25. The molecule has 5 heteroatoms. The van der Waals surface area contributed by atoms with Crippen molar-refractivity contribution in [2.45, 2.75) is 6.42 Å². The van der Waals surface area contributed by atoms with Gasteiger partial charge in [0.25, 0.3) is 0 Å². The summed E-state index contributed by atoms with van der Waals surface area (Å²) in [7, 11) is 4.06. The van der Waals surface area contributed by atoms with Crippen LogP contribution < -0.4 is 10.2 Å². The van der Waals surface area contributed by atoms with E-state index in [1.165, 1.54) is 5.56 Å². The Hall–Kier alpha value is -3.26. The summed E-state index contributed by atoms with van der Waals surface area (Å²) in [5, 5.41) is 17.7. The molecule has 0 radical (unpaired) electrons. The lowest BCUT2D eigenvalue weighted by Gasteiger charge is -2.12. The highest BCUT2D eigenvalue weighted by Gasteiger charge is 2.24. The number of benzene rings is 2. The normalized spacial score (nSPS) is 12.4. The minimum Gasteiger partial charge on any atom is -0.378 e. The summed E-state index contributed by atoms with van der Waals surface area (Å²) in [5.74, 6) is 0.995. The van der Waals surface area contributed by atoms with Gasteiger partial charge in [0.2, 0.25) is 0 Å². The molecule has 2 heterocycles. The highest BCUT2D eigenvalue weighted by molar-refractivity contribution is 5.74. The molecule has 124 valence electrons. The molecule has 1 N–H and O–H groups in total. The largest absolute Gasteiger partial charge is 0.378 e. The lowest BCUT2D eigenvalue weighted by atomic mass is 10.1. The number of nitrogens with zero attached hydrogens (tertiary/aromatic N) is 4. The lowest BCUT2D eigenvalue weighted by molar-refractivity contribution is 0.879. The van der Waals surface area contributed by atoms with Crippen LogP contribution in [0.15, 0.2) is 48.5 Å². The number of nitrogens with one attached hydrogen (secondary N) is 1. The van der Waals surface area contributed by atoms with Gasteiger partial charge in [-0.3, -0.25) is 0 Å². The fourth-order valence-electron chi connectivity index (χ4n) is 3.25. The maximum atomic E-state index is 9.42. The van der Waals surface area contributed by atoms with Crippen LogP contribution in [0.4, 0.5) is 11.5 Å². The van der Waals surface area contributed by atoms with E-state index in [-0.39, 0.29) is 0 Å². The molecule has 2 aromatic carbocycles. The monoisotopic (exact) mass is 329 g/mol. The van der Waals surface area contributed by atoms with Gasteiger partial charge in [-0.2, -0.15) is 10.4 Å². The van der Waals surface area contributed by atoms with E-state index < -0.39 is 0 Å². The first-order valence-electron chi connectivity index (χ1n) is 8.32. The van der Waals surface area contributed by atoms with E-state index in [1.807, 2.05) is 43.0 Å². The zero-order chi connectivity index (χ0) is 17.4. The smallest absolute Gasteiger partial charge is 0.133 e. The van der Waals surface area contributed by atoms with Crippen LogP contribution in [0.2, 0.25) is 0 Å². The standard InChI is InChI=1S/C20H19N5/c1-24(2)16-9-7-14(8-10-16)19-17-11-12-22-20(17)25(23-19)18-6-4-3-5-15(18)13-21/h3-10,22H,11-12H2,1-2H3. The lowest BCUT2D eigenvalue weighted by Crippen LogP contribution is -2.08. The van der Waals surface area contributed by atoms with Crippen LogP contribution >= 0.6 is 0 Å². The van der Waals surface area contributed by atoms with E-state index in [9.17, 15) is 5.26 Å². The summed E-state index contributed by atoms with van der Waals surface area (Å²) < 4.78 is 1.87. The molecule has 0 atom stereocenters. The third kappa shape index (κ3) is 2.52. The predicted octanol–water partition coefficient (Wildman–Crippen LogP) is 3.44. The maximum absolute atomic E-state index is 9.42. The first-order chi connectivity index (χ1) is 12.2. The van der Waals surface area contributed by atoms with Crippen LogP contribution in [0.5, 0.6) is 0 Å². The number of fused-ring (bicyclic) bond motifs is 1. The van der Waals surface area contributed by atoms with Crippen LogP contribution in [0.3, 0.4) is 0 Å². The van der Waals surface area contributed by atoms with Gasteiger partial charge in [0.05, 0.1) is 16.9 Å².